The molecule has 2 aromatic carbocycles. The molecule has 3 aromatic rings. The van der Waals surface area contributed by atoms with E-state index in [4.69, 9.17) is 9.15 Å². The smallest absolute Gasteiger partial charge is 0.419 e. The lowest BCUT2D eigenvalue weighted by atomic mass is 10.0. The molecular weight excluding hydrogens is 370 g/mol. The maximum Gasteiger partial charge on any atom is 0.419 e. The van der Waals surface area contributed by atoms with Gasteiger partial charge in [0, 0.05) is 18.5 Å². The van der Waals surface area contributed by atoms with Crippen molar-refractivity contribution in [2.24, 2.45) is 0 Å². The minimum absolute atomic E-state index is 0.0342. The molecular formula is C23H23NO5. The molecule has 6 heteroatoms. The summed E-state index contributed by atoms with van der Waals surface area (Å²) in [5, 5.41) is 0. The van der Waals surface area contributed by atoms with Gasteiger partial charge in [-0.2, -0.15) is 0 Å². The Morgan fingerprint density at radius 2 is 1.86 bits per heavy atom. The van der Waals surface area contributed by atoms with E-state index in [0.29, 0.717) is 24.1 Å². The Balaban J connectivity index is 1.22. The minimum Gasteiger partial charge on any atom is -0.466 e. The molecule has 0 bridgehead atoms. The van der Waals surface area contributed by atoms with Crippen LogP contribution >= 0.6 is 0 Å². The van der Waals surface area contributed by atoms with Crippen LogP contribution in [-0.4, -0.2) is 22.9 Å². The zero-order chi connectivity index (χ0) is 20.2. The second-order valence-corrected chi connectivity index (χ2v) is 7.32. The number of rotatable bonds is 8. The Hall–Kier alpha value is -3.15. The number of carbonyl (C=O) groups is 2. The highest BCUT2D eigenvalue weighted by molar-refractivity contribution is 5.97. The summed E-state index contributed by atoms with van der Waals surface area (Å²) < 4.78 is 11.9. The molecule has 0 radical (unpaired) electrons. The quantitative estimate of drug-likeness (QED) is 0.331. The zero-order valence-electron chi connectivity index (χ0n) is 16.2. The van der Waals surface area contributed by atoms with Crippen LogP contribution in [0.5, 0.6) is 0 Å². The standard InChI is InChI=1S/C23H23NO5/c25-20(18-10-9-16-5-3-6-17(16)15-18)11-12-22(26)28-14-4-13-24-19-7-1-2-8-21(19)29-23(24)27/h1-2,7-10,15H,3-6,11-14H2. The van der Waals surface area contributed by atoms with Gasteiger partial charge in [0.05, 0.1) is 18.5 Å². The van der Waals surface area contributed by atoms with Crippen LogP contribution in [0.1, 0.15) is 47.2 Å². The highest BCUT2D eigenvalue weighted by atomic mass is 16.5. The van der Waals surface area contributed by atoms with Crippen LogP contribution in [0.2, 0.25) is 0 Å². The van der Waals surface area contributed by atoms with E-state index in [1.165, 1.54) is 15.7 Å². The van der Waals surface area contributed by atoms with Gasteiger partial charge < -0.3 is 9.15 Å². The van der Waals surface area contributed by atoms with E-state index in [9.17, 15) is 14.4 Å². The number of aromatic nitrogens is 1. The molecule has 0 saturated carbocycles. The summed E-state index contributed by atoms with van der Waals surface area (Å²) in [6.07, 6.45) is 3.94. The zero-order valence-corrected chi connectivity index (χ0v) is 16.2. The van der Waals surface area contributed by atoms with Crippen molar-refractivity contribution in [3.63, 3.8) is 0 Å². The molecule has 1 heterocycles. The van der Waals surface area contributed by atoms with E-state index in [1.54, 1.807) is 6.07 Å². The van der Waals surface area contributed by atoms with Gasteiger partial charge in [-0.25, -0.2) is 4.79 Å². The van der Waals surface area contributed by atoms with Crippen LogP contribution in [0.3, 0.4) is 0 Å². The minimum atomic E-state index is -0.419. The predicted molar refractivity (Wildman–Crippen MR) is 108 cm³/mol. The summed E-state index contributed by atoms with van der Waals surface area (Å²) in [5.74, 6) is -0.852. The Labute approximate surface area is 168 Å². The lowest BCUT2D eigenvalue weighted by molar-refractivity contribution is -0.143. The number of Topliss-reactive ketones (excluding diaryl/α,β-unsaturated/α-hetero) is 1. The molecule has 0 atom stereocenters. The molecule has 0 N–H and O–H groups in total. The number of para-hydroxylation sites is 2. The van der Waals surface area contributed by atoms with Gasteiger partial charge in [-0.05, 0) is 55.0 Å². The molecule has 0 fully saturated rings. The van der Waals surface area contributed by atoms with E-state index >= 15 is 0 Å². The Bertz CT molecular complexity index is 1110. The number of aryl methyl sites for hydroxylation is 3. The summed E-state index contributed by atoms with van der Waals surface area (Å²) >= 11 is 0. The molecule has 1 aliphatic rings. The number of oxazole rings is 1. The number of nitrogens with zero attached hydrogens (tertiary/aromatic N) is 1. The lowest BCUT2D eigenvalue weighted by Crippen LogP contribution is -2.16. The first-order valence-electron chi connectivity index (χ1n) is 10.0. The first-order chi connectivity index (χ1) is 14.1. The maximum atomic E-state index is 12.3. The van der Waals surface area contributed by atoms with Crippen molar-refractivity contribution >= 4 is 22.9 Å². The largest absolute Gasteiger partial charge is 0.466 e. The summed E-state index contributed by atoms with van der Waals surface area (Å²) in [5.41, 5.74) is 4.51. The SMILES string of the molecule is O=C(CCC(=O)c1ccc2c(c1)CCC2)OCCCn1c(=O)oc2ccccc21. The molecule has 0 amide bonds. The molecule has 0 unspecified atom stereocenters. The van der Waals surface area contributed by atoms with Gasteiger partial charge in [0.25, 0.3) is 0 Å². The molecule has 6 nitrogen and oxygen atoms in total. The van der Waals surface area contributed by atoms with E-state index in [-0.39, 0.29) is 25.2 Å². The fourth-order valence-electron chi connectivity index (χ4n) is 3.81. The summed E-state index contributed by atoms with van der Waals surface area (Å²) in [7, 11) is 0. The number of ketones is 1. The predicted octanol–water partition coefficient (Wildman–Crippen LogP) is 3.68. The van der Waals surface area contributed by atoms with Crippen molar-refractivity contribution < 1.29 is 18.7 Å². The van der Waals surface area contributed by atoms with E-state index in [1.807, 2.05) is 36.4 Å². The normalized spacial score (nSPS) is 12.8. The highest BCUT2D eigenvalue weighted by Gasteiger charge is 2.15. The summed E-state index contributed by atoms with van der Waals surface area (Å²) in [6.45, 7) is 0.592. The number of benzene rings is 2. The number of esters is 1. The van der Waals surface area contributed by atoms with Crippen LogP contribution < -0.4 is 5.76 Å². The Morgan fingerprint density at radius 1 is 1.03 bits per heavy atom. The van der Waals surface area contributed by atoms with Crippen LogP contribution in [0.15, 0.2) is 51.7 Å². The number of carbonyl (C=O) groups excluding carboxylic acids is 2. The van der Waals surface area contributed by atoms with Crippen molar-refractivity contribution in [1.82, 2.24) is 4.57 Å². The van der Waals surface area contributed by atoms with E-state index in [2.05, 4.69) is 0 Å². The Kier molecular flexibility index (Phi) is 5.60. The monoisotopic (exact) mass is 393 g/mol. The van der Waals surface area contributed by atoms with Crippen molar-refractivity contribution in [2.75, 3.05) is 6.61 Å². The van der Waals surface area contributed by atoms with E-state index < -0.39 is 11.7 Å². The second kappa shape index (κ2) is 8.47. The summed E-state index contributed by atoms with van der Waals surface area (Å²) in [4.78, 5) is 36.2. The number of hydrogen-bond acceptors (Lipinski definition) is 5. The number of ether oxygens (including phenoxy) is 1. The van der Waals surface area contributed by atoms with Gasteiger partial charge in [0.15, 0.2) is 11.4 Å². The first kappa shape index (κ1) is 19.2. The van der Waals surface area contributed by atoms with Crippen LogP contribution in [0, 0.1) is 0 Å². The average molecular weight is 393 g/mol. The van der Waals surface area contributed by atoms with Crippen molar-refractivity contribution in [2.45, 2.75) is 45.1 Å². The maximum absolute atomic E-state index is 12.3. The topological polar surface area (TPSA) is 78.5 Å². The van der Waals surface area contributed by atoms with Gasteiger partial charge in [-0.15, -0.1) is 0 Å². The molecule has 1 aromatic heterocycles. The fourth-order valence-corrected chi connectivity index (χ4v) is 3.81. The molecule has 0 saturated heterocycles. The lowest BCUT2D eigenvalue weighted by Gasteiger charge is -2.06. The molecule has 150 valence electrons. The van der Waals surface area contributed by atoms with Crippen LogP contribution in [0.4, 0.5) is 0 Å². The summed E-state index contributed by atoms with van der Waals surface area (Å²) in [6, 6.07) is 13.0. The third kappa shape index (κ3) is 4.31. The van der Waals surface area contributed by atoms with Gasteiger partial charge in [0.1, 0.15) is 0 Å². The van der Waals surface area contributed by atoms with Crippen LogP contribution in [0.25, 0.3) is 11.1 Å². The number of hydrogen-bond donors (Lipinski definition) is 0. The third-order valence-electron chi connectivity index (χ3n) is 5.34. The molecule has 0 spiro atoms. The highest BCUT2D eigenvalue weighted by Crippen LogP contribution is 2.23. The molecule has 0 aliphatic heterocycles. The molecule has 1 aliphatic carbocycles. The third-order valence-corrected chi connectivity index (χ3v) is 5.34. The fraction of sp³-hybridized carbons (Fsp3) is 0.348. The Morgan fingerprint density at radius 3 is 2.76 bits per heavy atom. The van der Waals surface area contributed by atoms with Crippen LogP contribution in [-0.2, 0) is 28.9 Å². The van der Waals surface area contributed by atoms with E-state index in [0.717, 1.165) is 24.8 Å². The van der Waals surface area contributed by atoms with Gasteiger partial charge >= 0.3 is 11.7 Å². The van der Waals surface area contributed by atoms with Gasteiger partial charge in [0.2, 0.25) is 0 Å². The first-order valence-corrected chi connectivity index (χ1v) is 10.0. The van der Waals surface area contributed by atoms with Crippen molar-refractivity contribution in [3.05, 3.63) is 69.7 Å². The molecule has 4 rings (SSSR count). The molecule has 29 heavy (non-hydrogen) atoms. The van der Waals surface area contributed by atoms with Gasteiger partial charge in [-0.1, -0.05) is 24.3 Å². The number of fused-ring (bicyclic) bond motifs is 2. The average Bonchev–Trinajstić information content (AvgIpc) is 3.32. The van der Waals surface area contributed by atoms with Gasteiger partial charge in [-0.3, -0.25) is 14.2 Å². The van der Waals surface area contributed by atoms with Crippen molar-refractivity contribution in [1.29, 1.82) is 0 Å². The van der Waals surface area contributed by atoms with Crippen molar-refractivity contribution in [3.8, 4) is 0 Å². The second-order valence-electron chi connectivity index (χ2n) is 7.32.